The van der Waals surface area contributed by atoms with E-state index in [1.165, 1.54) is 0 Å². The highest BCUT2D eigenvalue weighted by Gasteiger charge is 2.28. The number of hydrogen-bond acceptors (Lipinski definition) is 3. The van der Waals surface area contributed by atoms with Crippen molar-refractivity contribution in [3.8, 4) is 0 Å². The summed E-state index contributed by atoms with van der Waals surface area (Å²) in [6.45, 7) is 13.3. The number of benzene rings is 1. The van der Waals surface area contributed by atoms with Crippen molar-refractivity contribution in [1.82, 2.24) is 5.32 Å². The van der Waals surface area contributed by atoms with Crippen molar-refractivity contribution in [3.63, 3.8) is 0 Å². The molecule has 0 atom stereocenters. The molecule has 0 heterocycles. The molecule has 7 heteroatoms. The van der Waals surface area contributed by atoms with Gasteiger partial charge in [-0.05, 0) is 91.8 Å². The van der Waals surface area contributed by atoms with Crippen molar-refractivity contribution in [3.05, 3.63) is 46.0 Å². The largest absolute Gasteiger partial charge is 0.405 e. The van der Waals surface area contributed by atoms with Gasteiger partial charge in [-0.25, -0.2) is 0 Å². The molecule has 1 amide bonds. The lowest BCUT2D eigenvalue weighted by Gasteiger charge is -2.31. The highest BCUT2D eigenvalue weighted by atomic mass is 19.4. The van der Waals surface area contributed by atoms with E-state index in [4.69, 9.17) is 0 Å². The van der Waals surface area contributed by atoms with Crippen LogP contribution in [-0.2, 0) is 10.2 Å². The number of carbonyl (C=O) groups is 1. The standard InChI is InChI=1S/C27H39F3N2O2/c1-8-16(2)23(25(34)31-14-19-10-21(33)11-19)9-17(3)22-12-20(32-15-27(28,29)30)13-24(18(22)4)26(5,6)7/h9,12-13,19,21,32-33H,8,10-11,14-15H2,1-7H3,(H,31,34)/b17-9-,23-16+. The normalized spacial score (nSPS) is 19.9. The van der Waals surface area contributed by atoms with Crippen LogP contribution < -0.4 is 10.6 Å². The molecule has 1 saturated carbocycles. The Morgan fingerprint density at radius 3 is 2.29 bits per heavy atom. The lowest BCUT2D eigenvalue weighted by molar-refractivity contribution is -0.118. The van der Waals surface area contributed by atoms with Gasteiger partial charge in [-0.2, -0.15) is 13.2 Å². The molecule has 3 N–H and O–H groups in total. The van der Waals surface area contributed by atoms with Crippen LogP contribution in [0, 0.1) is 12.8 Å². The molecule has 34 heavy (non-hydrogen) atoms. The summed E-state index contributed by atoms with van der Waals surface area (Å²) in [4.78, 5) is 13.0. The minimum atomic E-state index is -4.32. The Kier molecular flexibility index (Phi) is 9.03. The summed E-state index contributed by atoms with van der Waals surface area (Å²) in [6.07, 6.45) is -0.642. The molecular weight excluding hydrogens is 441 g/mol. The number of nitrogens with one attached hydrogen (secondary N) is 2. The van der Waals surface area contributed by atoms with Crippen molar-refractivity contribution in [2.45, 2.75) is 85.4 Å². The predicted molar refractivity (Wildman–Crippen MR) is 133 cm³/mol. The molecule has 0 aliphatic heterocycles. The van der Waals surface area contributed by atoms with Crippen LogP contribution in [0.3, 0.4) is 0 Å². The van der Waals surface area contributed by atoms with Gasteiger partial charge in [0.15, 0.2) is 0 Å². The predicted octanol–water partition coefficient (Wildman–Crippen LogP) is 6.28. The first-order chi connectivity index (χ1) is 15.6. The van der Waals surface area contributed by atoms with Gasteiger partial charge >= 0.3 is 6.18 Å². The van der Waals surface area contributed by atoms with Gasteiger partial charge in [0.1, 0.15) is 6.54 Å². The van der Waals surface area contributed by atoms with Crippen molar-refractivity contribution in [1.29, 1.82) is 0 Å². The monoisotopic (exact) mass is 480 g/mol. The van der Waals surface area contributed by atoms with Gasteiger partial charge in [0, 0.05) is 17.8 Å². The number of carbonyl (C=O) groups excluding carboxylic acids is 1. The quantitative estimate of drug-likeness (QED) is 0.303. The van der Waals surface area contributed by atoms with Gasteiger partial charge in [-0.3, -0.25) is 4.79 Å². The van der Waals surface area contributed by atoms with Crippen molar-refractivity contribution in [2.24, 2.45) is 5.92 Å². The van der Waals surface area contributed by atoms with Crippen LogP contribution in [0.4, 0.5) is 18.9 Å². The average molecular weight is 481 g/mol. The molecule has 4 nitrogen and oxygen atoms in total. The number of allylic oxidation sites excluding steroid dienone is 2. The summed E-state index contributed by atoms with van der Waals surface area (Å²) in [5.74, 6) is 0.125. The third-order valence-electron chi connectivity index (χ3n) is 6.49. The molecule has 1 fully saturated rings. The second-order valence-electron chi connectivity index (χ2n) is 10.5. The lowest BCUT2D eigenvalue weighted by atomic mass is 9.81. The van der Waals surface area contributed by atoms with Crippen LogP contribution in [0.25, 0.3) is 5.57 Å². The number of aliphatic hydroxyl groups is 1. The molecule has 0 spiro atoms. The number of hydrogen-bond donors (Lipinski definition) is 3. The van der Waals surface area contributed by atoms with E-state index in [0.29, 0.717) is 43.0 Å². The van der Waals surface area contributed by atoms with Crippen molar-refractivity contribution < 1.29 is 23.1 Å². The zero-order chi connectivity index (χ0) is 25.8. The molecule has 1 aromatic rings. The Balaban J connectivity index is 2.42. The molecule has 0 bridgehead atoms. The molecule has 0 radical (unpaired) electrons. The zero-order valence-electron chi connectivity index (χ0n) is 21.4. The van der Waals surface area contributed by atoms with E-state index in [2.05, 4.69) is 10.6 Å². The number of halogens is 3. The number of rotatable bonds is 8. The fraction of sp³-hybridized carbons (Fsp3) is 0.593. The highest BCUT2D eigenvalue weighted by molar-refractivity contribution is 5.99. The highest BCUT2D eigenvalue weighted by Crippen LogP contribution is 2.35. The van der Waals surface area contributed by atoms with E-state index in [0.717, 1.165) is 27.8 Å². The third kappa shape index (κ3) is 7.62. The second kappa shape index (κ2) is 11.0. The van der Waals surface area contributed by atoms with Crippen molar-refractivity contribution in [2.75, 3.05) is 18.4 Å². The smallest absolute Gasteiger partial charge is 0.393 e. The molecule has 0 unspecified atom stereocenters. The maximum absolute atomic E-state index is 13.0. The zero-order valence-corrected chi connectivity index (χ0v) is 21.4. The summed E-state index contributed by atoms with van der Waals surface area (Å²) in [5.41, 5.74) is 5.21. The first-order valence-corrected chi connectivity index (χ1v) is 11.9. The van der Waals surface area contributed by atoms with Gasteiger partial charge in [0.05, 0.1) is 6.10 Å². The fourth-order valence-electron chi connectivity index (χ4n) is 4.27. The third-order valence-corrected chi connectivity index (χ3v) is 6.49. The number of aliphatic hydroxyl groups excluding tert-OH is 1. The molecule has 1 aliphatic rings. The number of alkyl halides is 3. The van der Waals surface area contributed by atoms with Crippen LogP contribution in [-0.4, -0.2) is 36.4 Å². The first kappa shape index (κ1) is 28.0. The van der Waals surface area contributed by atoms with Crippen LogP contribution >= 0.6 is 0 Å². The number of anilines is 1. The first-order valence-electron chi connectivity index (χ1n) is 11.9. The molecule has 0 aromatic heterocycles. The van der Waals surface area contributed by atoms with E-state index in [-0.39, 0.29) is 17.4 Å². The Morgan fingerprint density at radius 1 is 1.18 bits per heavy atom. The SMILES string of the molecule is CC/C(C)=C(\C=C(\C)c1cc(NCC(F)(F)F)cc(C(C)(C)C)c1C)C(=O)NCC1CC(O)C1. The van der Waals surface area contributed by atoms with Crippen LogP contribution in [0.15, 0.2) is 29.4 Å². The van der Waals surface area contributed by atoms with Gasteiger partial charge < -0.3 is 15.7 Å². The number of amides is 1. The van der Waals surface area contributed by atoms with Crippen LogP contribution in [0.5, 0.6) is 0 Å². The average Bonchev–Trinajstić information content (AvgIpc) is 2.71. The van der Waals surface area contributed by atoms with Gasteiger partial charge in [-0.15, -0.1) is 0 Å². The van der Waals surface area contributed by atoms with Crippen LogP contribution in [0.2, 0.25) is 0 Å². The molecule has 2 rings (SSSR count). The van der Waals surface area contributed by atoms with Gasteiger partial charge in [-0.1, -0.05) is 33.3 Å². The molecular formula is C27H39F3N2O2. The minimum absolute atomic E-state index is 0.167. The van der Waals surface area contributed by atoms with Crippen LogP contribution in [0.1, 0.15) is 77.5 Å². The van der Waals surface area contributed by atoms with E-state index in [1.54, 1.807) is 12.1 Å². The summed E-state index contributed by atoms with van der Waals surface area (Å²) < 4.78 is 38.5. The Labute approximate surface area is 201 Å². The van der Waals surface area contributed by atoms with E-state index in [9.17, 15) is 23.1 Å². The second-order valence-corrected chi connectivity index (χ2v) is 10.5. The Morgan fingerprint density at radius 2 is 1.79 bits per heavy atom. The van der Waals surface area contributed by atoms with Crippen molar-refractivity contribution >= 4 is 17.2 Å². The topological polar surface area (TPSA) is 61.4 Å². The fourth-order valence-corrected chi connectivity index (χ4v) is 4.27. The van der Waals surface area contributed by atoms with Gasteiger partial charge in [0.25, 0.3) is 5.91 Å². The molecule has 1 aliphatic carbocycles. The molecule has 190 valence electrons. The summed E-state index contributed by atoms with van der Waals surface area (Å²) in [7, 11) is 0. The van der Waals surface area contributed by atoms with E-state index in [1.807, 2.05) is 54.5 Å². The summed E-state index contributed by atoms with van der Waals surface area (Å²) >= 11 is 0. The maximum atomic E-state index is 13.0. The Bertz CT molecular complexity index is 950. The molecule has 1 aromatic carbocycles. The lowest BCUT2D eigenvalue weighted by Crippen LogP contribution is -2.38. The molecule has 0 saturated heterocycles. The Hall–Kier alpha value is -2.28. The van der Waals surface area contributed by atoms with E-state index < -0.39 is 12.7 Å². The van der Waals surface area contributed by atoms with E-state index >= 15 is 0 Å². The van der Waals surface area contributed by atoms with Gasteiger partial charge in [0.2, 0.25) is 0 Å². The minimum Gasteiger partial charge on any atom is -0.393 e. The summed E-state index contributed by atoms with van der Waals surface area (Å²) in [5, 5.41) is 15.0. The summed E-state index contributed by atoms with van der Waals surface area (Å²) in [6, 6.07) is 3.51. The maximum Gasteiger partial charge on any atom is 0.405 e.